The van der Waals surface area contributed by atoms with Crippen molar-refractivity contribution < 1.29 is 19.5 Å². The molecule has 1 N–H and O–H groups in total. The molecule has 3 amide bonds. The fourth-order valence-corrected chi connectivity index (χ4v) is 9.65. The van der Waals surface area contributed by atoms with E-state index in [1.165, 1.54) is 0 Å². The molecule has 3 heterocycles. The van der Waals surface area contributed by atoms with Crippen LogP contribution < -0.4 is 0 Å². The first-order chi connectivity index (χ1) is 19.2. The number of aliphatic hydroxyl groups excluding tert-OH is 1. The molecule has 2 bridgehead atoms. The number of thioether (sulfide) groups is 1. The van der Waals surface area contributed by atoms with Crippen LogP contribution in [0.4, 0.5) is 0 Å². The molecule has 6 atom stereocenters. The molecular weight excluding hydrogens is 522 g/mol. The van der Waals surface area contributed by atoms with Gasteiger partial charge in [-0.3, -0.25) is 14.4 Å². The smallest absolute Gasteiger partial charge is 0.247 e. The van der Waals surface area contributed by atoms with Gasteiger partial charge in [-0.15, -0.1) is 24.9 Å². The molecule has 0 aliphatic carbocycles. The van der Waals surface area contributed by atoms with E-state index in [9.17, 15) is 19.5 Å². The van der Waals surface area contributed by atoms with Crippen molar-refractivity contribution in [3.8, 4) is 0 Å². The van der Waals surface area contributed by atoms with Crippen LogP contribution in [0.5, 0.6) is 0 Å². The lowest BCUT2D eigenvalue weighted by atomic mass is 9.66. The van der Waals surface area contributed by atoms with Gasteiger partial charge in [0.15, 0.2) is 0 Å². The molecule has 3 aliphatic rings. The minimum atomic E-state index is -0.670. The largest absolute Gasteiger partial charge is 0.396 e. The van der Waals surface area contributed by atoms with E-state index in [4.69, 9.17) is 0 Å². The van der Waals surface area contributed by atoms with E-state index in [1.54, 1.807) is 33.7 Å². The molecule has 0 saturated carbocycles. The minimum absolute atomic E-state index is 0.00585. The summed E-state index contributed by atoms with van der Waals surface area (Å²) in [5.74, 6) is -1.34. The summed E-state index contributed by atoms with van der Waals surface area (Å²) >= 11 is 1.70. The van der Waals surface area contributed by atoms with Gasteiger partial charge in [-0.2, -0.15) is 0 Å². The second-order valence-corrected chi connectivity index (χ2v) is 13.6. The molecule has 40 heavy (non-hydrogen) atoms. The summed E-state index contributed by atoms with van der Waals surface area (Å²) in [7, 11) is 0. The summed E-state index contributed by atoms with van der Waals surface area (Å²) in [4.78, 5) is 48.5. The van der Waals surface area contributed by atoms with Crippen LogP contribution in [0.15, 0.2) is 55.6 Å². The highest BCUT2D eigenvalue weighted by molar-refractivity contribution is 8.02. The normalized spacial score (nSPS) is 29.2. The second-order valence-electron chi connectivity index (χ2n) is 11.7. The Kier molecular flexibility index (Phi) is 9.51. The highest BCUT2D eigenvalue weighted by Gasteiger charge is 2.77. The average molecular weight is 568 g/mol. The first kappa shape index (κ1) is 30.4. The predicted octanol–water partition coefficient (Wildman–Crippen LogP) is 4.27. The number of carbonyl (C=O) groups excluding carboxylic acids is 3. The van der Waals surface area contributed by atoms with Gasteiger partial charge in [-0.05, 0) is 45.1 Å². The topological polar surface area (TPSA) is 81.2 Å². The summed E-state index contributed by atoms with van der Waals surface area (Å²) in [5, 5.41) is 9.65. The average Bonchev–Trinajstić information content (AvgIpc) is 3.50. The SMILES string of the molecule is C=CCN(Cc1ccccc1)C(=O)[C@@H]1[C@H]2C(=O)N(CCCO)C(C(=O)N(CC=C)C(C)CCC)C23CC[C@@]1(C)S3. The molecule has 3 saturated heterocycles. The van der Waals surface area contributed by atoms with Crippen molar-refractivity contribution in [3.05, 3.63) is 61.2 Å². The van der Waals surface area contributed by atoms with E-state index in [1.807, 2.05) is 35.2 Å². The number of hydrogen-bond acceptors (Lipinski definition) is 5. The lowest BCUT2D eigenvalue weighted by Gasteiger charge is -2.39. The number of carbonyl (C=O) groups is 3. The molecule has 0 radical (unpaired) electrons. The van der Waals surface area contributed by atoms with E-state index < -0.39 is 27.4 Å². The maximum Gasteiger partial charge on any atom is 0.247 e. The van der Waals surface area contributed by atoms with Gasteiger partial charge in [0.2, 0.25) is 17.7 Å². The number of aliphatic hydroxyl groups is 1. The van der Waals surface area contributed by atoms with Crippen LogP contribution in [-0.4, -0.2) is 85.3 Å². The number of benzene rings is 1. The van der Waals surface area contributed by atoms with Crippen molar-refractivity contribution in [3.63, 3.8) is 0 Å². The Balaban J connectivity index is 1.74. The van der Waals surface area contributed by atoms with Crippen molar-refractivity contribution in [1.82, 2.24) is 14.7 Å². The molecule has 7 nitrogen and oxygen atoms in total. The maximum atomic E-state index is 14.5. The second kappa shape index (κ2) is 12.5. The molecule has 3 fully saturated rings. The molecule has 218 valence electrons. The van der Waals surface area contributed by atoms with Gasteiger partial charge >= 0.3 is 0 Å². The molecular formula is C32H45N3O4S. The standard InChI is InChI=1S/C32H45N3O4S/c1-6-13-23(4)34(19-8-3)30(39)27-32-17-16-31(5,40-32)25(26(32)29(38)35(27)20-12-21-36)28(37)33(18-7-2)22-24-14-10-9-11-15-24/h7-11,14-15,23,25-27,36H,2-3,6,12-13,16-22H2,1,4-5H3/t23?,25-,26-,27?,31+,32?/m0/s1. The Labute approximate surface area is 243 Å². The van der Waals surface area contributed by atoms with Gasteiger partial charge in [0.25, 0.3) is 0 Å². The monoisotopic (exact) mass is 567 g/mol. The van der Waals surface area contributed by atoms with Crippen LogP contribution in [0.3, 0.4) is 0 Å². The van der Waals surface area contributed by atoms with Gasteiger partial charge in [-0.25, -0.2) is 0 Å². The van der Waals surface area contributed by atoms with E-state index >= 15 is 0 Å². The van der Waals surface area contributed by atoms with Crippen molar-refractivity contribution in [2.45, 2.75) is 81.0 Å². The van der Waals surface area contributed by atoms with Crippen molar-refractivity contribution in [1.29, 1.82) is 0 Å². The fourth-order valence-electron chi connectivity index (χ4n) is 7.31. The molecule has 3 aliphatic heterocycles. The number of fused-ring (bicyclic) bond motifs is 1. The zero-order chi connectivity index (χ0) is 29.1. The summed E-state index contributed by atoms with van der Waals surface area (Å²) < 4.78 is -1.11. The predicted molar refractivity (Wildman–Crippen MR) is 160 cm³/mol. The lowest BCUT2D eigenvalue weighted by Crippen LogP contribution is -2.56. The maximum absolute atomic E-state index is 14.5. The number of amides is 3. The summed E-state index contributed by atoms with van der Waals surface area (Å²) in [6.45, 7) is 15.5. The molecule has 8 heteroatoms. The number of hydrogen-bond donors (Lipinski definition) is 1. The summed E-state index contributed by atoms with van der Waals surface area (Å²) in [6, 6.07) is 9.21. The summed E-state index contributed by atoms with van der Waals surface area (Å²) in [5.41, 5.74) is 1.02. The Bertz CT molecular complexity index is 1110. The summed E-state index contributed by atoms with van der Waals surface area (Å²) in [6.07, 6.45) is 7.16. The van der Waals surface area contributed by atoms with Crippen molar-refractivity contribution in [2.24, 2.45) is 11.8 Å². The molecule has 1 aromatic rings. The highest BCUT2D eigenvalue weighted by atomic mass is 32.2. The van der Waals surface area contributed by atoms with Crippen LogP contribution in [0.2, 0.25) is 0 Å². The number of likely N-dealkylation sites (tertiary alicyclic amines) is 1. The zero-order valence-electron chi connectivity index (χ0n) is 24.3. The Morgan fingerprint density at radius 3 is 2.50 bits per heavy atom. The van der Waals surface area contributed by atoms with Crippen LogP contribution >= 0.6 is 11.8 Å². The molecule has 4 rings (SSSR count). The van der Waals surface area contributed by atoms with Crippen LogP contribution in [0.25, 0.3) is 0 Å². The van der Waals surface area contributed by atoms with E-state index in [2.05, 4.69) is 33.9 Å². The van der Waals surface area contributed by atoms with E-state index in [0.717, 1.165) is 24.8 Å². The third-order valence-electron chi connectivity index (χ3n) is 9.06. The first-order valence-corrected chi connectivity index (χ1v) is 15.5. The number of rotatable bonds is 14. The van der Waals surface area contributed by atoms with Gasteiger partial charge < -0.3 is 19.8 Å². The van der Waals surface area contributed by atoms with Gasteiger partial charge in [0.1, 0.15) is 6.04 Å². The van der Waals surface area contributed by atoms with Gasteiger partial charge in [-0.1, -0.05) is 55.8 Å². The quantitative estimate of drug-likeness (QED) is 0.340. The van der Waals surface area contributed by atoms with Crippen LogP contribution in [0, 0.1) is 11.8 Å². The van der Waals surface area contributed by atoms with Gasteiger partial charge in [0.05, 0.1) is 16.6 Å². The fraction of sp³-hybridized carbons (Fsp3) is 0.594. The Morgan fingerprint density at radius 2 is 1.88 bits per heavy atom. The third kappa shape index (κ3) is 5.25. The highest BCUT2D eigenvalue weighted by Crippen LogP contribution is 2.71. The molecule has 3 unspecified atom stereocenters. The lowest BCUT2D eigenvalue weighted by molar-refractivity contribution is -0.146. The van der Waals surface area contributed by atoms with E-state index in [-0.39, 0.29) is 30.4 Å². The third-order valence-corrected chi connectivity index (χ3v) is 11.0. The van der Waals surface area contributed by atoms with Crippen LogP contribution in [0.1, 0.15) is 58.4 Å². The molecule has 1 aromatic carbocycles. The van der Waals surface area contributed by atoms with Crippen molar-refractivity contribution in [2.75, 3.05) is 26.2 Å². The van der Waals surface area contributed by atoms with E-state index in [0.29, 0.717) is 39.0 Å². The Morgan fingerprint density at radius 1 is 1.18 bits per heavy atom. The zero-order valence-corrected chi connectivity index (χ0v) is 25.1. The molecule has 0 aromatic heterocycles. The Hall–Kier alpha value is -2.58. The van der Waals surface area contributed by atoms with Crippen LogP contribution in [-0.2, 0) is 20.9 Å². The number of nitrogens with zero attached hydrogens (tertiary/aromatic N) is 3. The van der Waals surface area contributed by atoms with Gasteiger partial charge in [0, 0.05) is 43.6 Å². The first-order valence-electron chi connectivity index (χ1n) is 14.7. The minimum Gasteiger partial charge on any atom is -0.396 e. The molecule has 1 spiro atoms. The van der Waals surface area contributed by atoms with Crippen molar-refractivity contribution >= 4 is 29.5 Å².